The first-order valence-corrected chi connectivity index (χ1v) is 10.1. The number of aromatic nitrogens is 3. The summed E-state index contributed by atoms with van der Waals surface area (Å²) in [6.07, 6.45) is -3.05. The topological polar surface area (TPSA) is 90.0 Å². The normalized spacial score (nSPS) is 13.6. The van der Waals surface area contributed by atoms with Crippen molar-refractivity contribution in [2.75, 3.05) is 0 Å². The van der Waals surface area contributed by atoms with Gasteiger partial charge in [0.25, 0.3) is 0 Å². The molecule has 0 fully saturated rings. The van der Waals surface area contributed by atoms with Gasteiger partial charge in [0.2, 0.25) is 10.0 Å². The fourth-order valence-corrected chi connectivity index (χ4v) is 4.69. The van der Waals surface area contributed by atoms with Crippen LogP contribution in [0.1, 0.15) is 41.2 Å². The highest BCUT2D eigenvalue weighted by Crippen LogP contribution is 2.31. The van der Waals surface area contributed by atoms with Crippen molar-refractivity contribution in [3.63, 3.8) is 0 Å². The van der Waals surface area contributed by atoms with Crippen LogP contribution in [0.3, 0.4) is 0 Å². The van der Waals surface area contributed by atoms with Crippen LogP contribution in [-0.4, -0.2) is 23.4 Å². The molecule has 0 saturated heterocycles. The lowest BCUT2D eigenvalue weighted by Crippen LogP contribution is -2.28. The Kier molecular flexibility index (Phi) is 5.30. The Morgan fingerprint density at radius 2 is 1.90 bits per heavy atom. The fourth-order valence-electron chi connectivity index (χ4n) is 3.14. The molecule has 2 heterocycles. The maximum Gasteiger partial charge on any atom is 0.416 e. The Morgan fingerprint density at radius 1 is 1.21 bits per heavy atom. The van der Waals surface area contributed by atoms with E-state index < -0.39 is 27.8 Å². The summed E-state index contributed by atoms with van der Waals surface area (Å²) in [7, 11) is -3.92. The summed E-state index contributed by atoms with van der Waals surface area (Å²) in [6, 6.07) is 4.07. The minimum Gasteiger partial charge on any atom is -0.360 e. The molecule has 0 aliphatic rings. The molecule has 0 bridgehead atoms. The lowest BCUT2D eigenvalue weighted by Gasteiger charge is -2.15. The van der Waals surface area contributed by atoms with Crippen LogP contribution >= 0.6 is 0 Å². The van der Waals surface area contributed by atoms with Gasteiger partial charge in [-0.2, -0.15) is 18.3 Å². The number of rotatable bonds is 5. The molecule has 1 atom stereocenters. The fraction of sp³-hybridized carbons (Fsp3) is 0.333. The molecular weight excluding hydrogens is 409 g/mol. The molecule has 156 valence electrons. The zero-order chi connectivity index (χ0) is 21.6. The summed E-state index contributed by atoms with van der Waals surface area (Å²) < 4.78 is 73.1. The number of hydrogen-bond acceptors (Lipinski definition) is 5. The molecule has 11 heteroatoms. The van der Waals surface area contributed by atoms with E-state index in [0.717, 1.165) is 12.1 Å². The second kappa shape index (κ2) is 7.30. The van der Waals surface area contributed by atoms with Gasteiger partial charge in [0.15, 0.2) is 5.76 Å². The van der Waals surface area contributed by atoms with Crippen molar-refractivity contribution in [3.8, 4) is 5.69 Å². The highest BCUT2D eigenvalue weighted by atomic mass is 32.2. The van der Waals surface area contributed by atoms with E-state index in [2.05, 4.69) is 15.0 Å². The van der Waals surface area contributed by atoms with Crippen LogP contribution < -0.4 is 4.72 Å². The predicted octanol–water partition coefficient (Wildman–Crippen LogP) is 3.84. The number of aryl methyl sites for hydroxylation is 2. The van der Waals surface area contributed by atoms with Crippen LogP contribution in [0.4, 0.5) is 13.2 Å². The monoisotopic (exact) mass is 428 g/mol. The van der Waals surface area contributed by atoms with Crippen LogP contribution in [0.5, 0.6) is 0 Å². The maximum atomic E-state index is 13.0. The quantitative estimate of drug-likeness (QED) is 0.667. The average Bonchev–Trinajstić information content (AvgIpc) is 3.16. The molecule has 0 spiro atoms. The SMILES string of the molecule is Cc1noc(C)c1S(=O)(=O)N[C@@H](C)c1cnn(-c2cccc(C(F)(F)F)c2)c1C. The van der Waals surface area contributed by atoms with Crippen LogP contribution in [0.15, 0.2) is 39.9 Å². The molecule has 0 radical (unpaired) electrons. The molecule has 3 aromatic rings. The predicted molar refractivity (Wildman–Crippen MR) is 98.0 cm³/mol. The first-order valence-electron chi connectivity index (χ1n) is 8.59. The van der Waals surface area contributed by atoms with E-state index in [1.807, 2.05) is 0 Å². The summed E-state index contributed by atoms with van der Waals surface area (Å²) in [5.74, 6) is 0.165. The first-order chi connectivity index (χ1) is 13.4. The molecule has 0 aliphatic heterocycles. The van der Waals surface area contributed by atoms with Gasteiger partial charge in [-0.1, -0.05) is 11.2 Å². The van der Waals surface area contributed by atoms with Gasteiger partial charge in [-0.25, -0.2) is 17.8 Å². The van der Waals surface area contributed by atoms with Crippen molar-refractivity contribution < 1.29 is 26.1 Å². The molecule has 1 N–H and O–H groups in total. The van der Waals surface area contributed by atoms with Gasteiger partial charge in [0.05, 0.1) is 17.4 Å². The molecule has 29 heavy (non-hydrogen) atoms. The van der Waals surface area contributed by atoms with Crippen LogP contribution in [0.25, 0.3) is 5.69 Å². The number of benzene rings is 1. The van der Waals surface area contributed by atoms with E-state index in [9.17, 15) is 21.6 Å². The summed E-state index contributed by atoms with van der Waals surface area (Å²) in [6.45, 7) is 6.29. The summed E-state index contributed by atoms with van der Waals surface area (Å²) >= 11 is 0. The van der Waals surface area contributed by atoms with E-state index >= 15 is 0 Å². The number of hydrogen-bond donors (Lipinski definition) is 1. The third-order valence-electron chi connectivity index (χ3n) is 4.50. The van der Waals surface area contributed by atoms with E-state index in [1.165, 1.54) is 36.9 Å². The lowest BCUT2D eigenvalue weighted by molar-refractivity contribution is -0.137. The third kappa shape index (κ3) is 4.06. The number of nitrogens with one attached hydrogen (secondary N) is 1. The Morgan fingerprint density at radius 3 is 2.48 bits per heavy atom. The molecule has 2 aromatic heterocycles. The first kappa shape index (κ1) is 21.1. The van der Waals surface area contributed by atoms with Crippen molar-refractivity contribution in [2.24, 2.45) is 0 Å². The molecule has 3 rings (SSSR count). The van der Waals surface area contributed by atoms with Gasteiger partial charge in [-0.3, -0.25) is 0 Å². The number of halogens is 3. The standard InChI is InChI=1S/C18H19F3N4O3S/c1-10(24-29(26,27)17-11(2)23-28-13(17)4)16-9-22-25(12(16)3)15-7-5-6-14(8-15)18(19,20)21/h5-10,24H,1-4H3/t10-/m0/s1. The Labute approximate surface area is 165 Å². The molecule has 0 amide bonds. The molecular formula is C18H19F3N4O3S. The van der Waals surface area contributed by atoms with Crippen molar-refractivity contribution in [3.05, 3.63) is 58.7 Å². The molecule has 0 aliphatic carbocycles. The van der Waals surface area contributed by atoms with Crippen LogP contribution in [-0.2, 0) is 16.2 Å². The summed E-state index contributed by atoms with van der Waals surface area (Å²) in [5, 5.41) is 7.79. The maximum absolute atomic E-state index is 13.0. The number of sulfonamides is 1. The summed E-state index contributed by atoms with van der Waals surface area (Å²) in [4.78, 5) is -0.0349. The van der Waals surface area contributed by atoms with E-state index in [1.54, 1.807) is 13.8 Å². The molecule has 0 unspecified atom stereocenters. The minimum atomic E-state index is -4.48. The zero-order valence-electron chi connectivity index (χ0n) is 16.1. The second-order valence-corrected chi connectivity index (χ2v) is 8.29. The van der Waals surface area contributed by atoms with Crippen molar-refractivity contribution in [2.45, 2.75) is 44.8 Å². The minimum absolute atomic E-state index is 0.0349. The zero-order valence-corrected chi connectivity index (χ0v) is 16.9. The van der Waals surface area contributed by atoms with Gasteiger partial charge in [-0.15, -0.1) is 0 Å². The lowest BCUT2D eigenvalue weighted by atomic mass is 10.1. The smallest absolute Gasteiger partial charge is 0.360 e. The second-order valence-electron chi connectivity index (χ2n) is 6.64. The van der Waals surface area contributed by atoms with Gasteiger partial charge in [-0.05, 0) is 45.9 Å². The highest BCUT2D eigenvalue weighted by Gasteiger charge is 2.31. The molecule has 0 saturated carbocycles. The summed E-state index contributed by atoms with van der Waals surface area (Å²) in [5.41, 5.74) is 0.706. The van der Waals surface area contributed by atoms with Crippen molar-refractivity contribution in [1.82, 2.24) is 19.7 Å². The van der Waals surface area contributed by atoms with Crippen molar-refractivity contribution in [1.29, 1.82) is 0 Å². The van der Waals surface area contributed by atoms with Crippen LogP contribution in [0.2, 0.25) is 0 Å². The number of alkyl halides is 3. The highest BCUT2D eigenvalue weighted by molar-refractivity contribution is 7.89. The molecule has 7 nitrogen and oxygen atoms in total. The Balaban J connectivity index is 1.92. The van der Waals surface area contributed by atoms with Gasteiger partial charge in [0, 0.05) is 17.3 Å². The van der Waals surface area contributed by atoms with Gasteiger partial charge >= 0.3 is 6.18 Å². The van der Waals surface area contributed by atoms with Gasteiger partial charge in [0.1, 0.15) is 10.6 Å². The van der Waals surface area contributed by atoms with Crippen molar-refractivity contribution >= 4 is 10.0 Å². The Hall–Kier alpha value is -2.66. The van der Waals surface area contributed by atoms with E-state index in [4.69, 9.17) is 4.52 Å². The third-order valence-corrected chi connectivity index (χ3v) is 6.29. The largest absolute Gasteiger partial charge is 0.416 e. The van der Waals surface area contributed by atoms with E-state index in [-0.39, 0.29) is 22.0 Å². The average molecular weight is 428 g/mol. The van der Waals surface area contributed by atoms with Crippen LogP contribution in [0, 0.1) is 20.8 Å². The Bertz CT molecular complexity index is 1130. The van der Waals surface area contributed by atoms with Gasteiger partial charge < -0.3 is 4.52 Å². The van der Waals surface area contributed by atoms with E-state index in [0.29, 0.717) is 11.3 Å². The number of nitrogens with zero attached hydrogens (tertiary/aromatic N) is 3. The molecule has 1 aromatic carbocycles.